The van der Waals surface area contributed by atoms with Crippen molar-refractivity contribution in [2.24, 2.45) is 11.3 Å². The Kier molecular flexibility index (Phi) is 4.33. The first kappa shape index (κ1) is 13.8. The fourth-order valence-corrected chi connectivity index (χ4v) is 2.47. The molecule has 0 fully saturated rings. The molecule has 0 bridgehead atoms. The third-order valence-corrected chi connectivity index (χ3v) is 3.49. The van der Waals surface area contributed by atoms with Crippen molar-refractivity contribution in [2.75, 3.05) is 0 Å². The SMILES string of the molecule is CC1=CCCC(C)(C)C1/C=C/C(C)=C\C(=O)O. The van der Waals surface area contributed by atoms with Gasteiger partial charge in [0.05, 0.1) is 0 Å². The van der Waals surface area contributed by atoms with Crippen LogP contribution in [0.5, 0.6) is 0 Å². The van der Waals surface area contributed by atoms with Crippen molar-refractivity contribution in [1.29, 1.82) is 0 Å². The van der Waals surface area contributed by atoms with E-state index >= 15 is 0 Å². The Balaban J connectivity index is 2.85. The summed E-state index contributed by atoms with van der Waals surface area (Å²) in [4.78, 5) is 10.5. The van der Waals surface area contributed by atoms with Crippen LogP contribution in [0.3, 0.4) is 0 Å². The molecule has 2 nitrogen and oxygen atoms in total. The molecule has 0 amide bonds. The minimum absolute atomic E-state index is 0.263. The van der Waals surface area contributed by atoms with Gasteiger partial charge in [-0.2, -0.15) is 0 Å². The quantitative estimate of drug-likeness (QED) is 0.456. The Morgan fingerprint density at radius 3 is 2.71 bits per heavy atom. The van der Waals surface area contributed by atoms with Gasteiger partial charge in [0, 0.05) is 12.0 Å². The van der Waals surface area contributed by atoms with Gasteiger partial charge in [0.1, 0.15) is 0 Å². The van der Waals surface area contributed by atoms with Crippen LogP contribution in [0.4, 0.5) is 0 Å². The van der Waals surface area contributed by atoms with E-state index in [2.05, 4.69) is 32.9 Å². The molecule has 0 radical (unpaired) electrons. The maximum atomic E-state index is 10.5. The van der Waals surface area contributed by atoms with E-state index in [1.165, 1.54) is 18.1 Å². The predicted octanol–water partition coefficient (Wildman–Crippen LogP) is 3.96. The summed E-state index contributed by atoms with van der Waals surface area (Å²) in [5, 5.41) is 8.65. The Labute approximate surface area is 104 Å². The fourth-order valence-electron chi connectivity index (χ4n) is 2.47. The molecule has 94 valence electrons. The van der Waals surface area contributed by atoms with Gasteiger partial charge in [-0.1, -0.05) is 37.6 Å². The smallest absolute Gasteiger partial charge is 0.328 e. The van der Waals surface area contributed by atoms with Crippen molar-refractivity contribution in [3.63, 3.8) is 0 Å². The maximum Gasteiger partial charge on any atom is 0.328 e. The summed E-state index contributed by atoms with van der Waals surface area (Å²) in [5.74, 6) is -0.476. The fraction of sp³-hybridized carbons (Fsp3) is 0.533. The average molecular weight is 234 g/mol. The highest BCUT2D eigenvalue weighted by Crippen LogP contribution is 2.41. The normalized spacial score (nSPS) is 24.8. The van der Waals surface area contributed by atoms with Crippen molar-refractivity contribution < 1.29 is 9.90 Å². The summed E-state index contributed by atoms with van der Waals surface area (Å²) in [7, 11) is 0. The Morgan fingerprint density at radius 1 is 1.53 bits per heavy atom. The minimum atomic E-state index is -0.887. The molecule has 0 saturated carbocycles. The largest absolute Gasteiger partial charge is 0.478 e. The number of aliphatic carboxylic acids is 1. The lowest BCUT2D eigenvalue weighted by atomic mass is 9.68. The number of allylic oxidation sites excluding steroid dienone is 5. The van der Waals surface area contributed by atoms with E-state index < -0.39 is 5.97 Å². The molecule has 2 heteroatoms. The van der Waals surface area contributed by atoms with Crippen molar-refractivity contribution in [3.05, 3.63) is 35.5 Å². The predicted molar refractivity (Wildman–Crippen MR) is 70.8 cm³/mol. The Hall–Kier alpha value is -1.31. The first-order valence-corrected chi connectivity index (χ1v) is 6.09. The van der Waals surface area contributed by atoms with E-state index in [4.69, 9.17) is 5.11 Å². The molecule has 0 aliphatic heterocycles. The molecule has 0 heterocycles. The molecule has 0 saturated heterocycles. The summed E-state index contributed by atoms with van der Waals surface area (Å²) >= 11 is 0. The number of hydrogen-bond acceptors (Lipinski definition) is 1. The molecule has 0 aromatic rings. The first-order chi connectivity index (χ1) is 7.83. The highest BCUT2D eigenvalue weighted by Gasteiger charge is 2.30. The Bertz CT molecular complexity index is 384. The van der Waals surface area contributed by atoms with Gasteiger partial charge in [-0.15, -0.1) is 0 Å². The second kappa shape index (κ2) is 5.35. The van der Waals surface area contributed by atoms with Gasteiger partial charge >= 0.3 is 5.97 Å². The van der Waals surface area contributed by atoms with Crippen LogP contribution in [-0.2, 0) is 4.79 Å². The zero-order valence-electron chi connectivity index (χ0n) is 11.2. The van der Waals surface area contributed by atoms with E-state index in [-0.39, 0.29) is 5.41 Å². The molecular formula is C15H22O2. The highest BCUT2D eigenvalue weighted by atomic mass is 16.4. The van der Waals surface area contributed by atoms with Crippen molar-refractivity contribution >= 4 is 5.97 Å². The van der Waals surface area contributed by atoms with E-state index in [9.17, 15) is 4.79 Å². The van der Waals surface area contributed by atoms with E-state index in [0.717, 1.165) is 12.0 Å². The van der Waals surface area contributed by atoms with Crippen LogP contribution >= 0.6 is 0 Å². The lowest BCUT2D eigenvalue weighted by Crippen LogP contribution is -2.26. The average Bonchev–Trinajstić information content (AvgIpc) is 2.14. The van der Waals surface area contributed by atoms with Gasteiger partial charge in [-0.05, 0) is 37.7 Å². The third-order valence-electron chi connectivity index (χ3n) is 3.49. The zero-order valence-corrected chi connectivity index (χ0v) is 11.2. The van der Waals surface area contributed by atoms with Crippen LogP contribution in [0.1, 0.15) is 40.5 Å². The molecular weight excluding hydrogens is 212 g/mol. The van der Waals surface area contributed by atoms with Crippen molar-refractivity contribution in [3.8, 4) is 0 Å². The number of carboxylic acid groups (broad SMARTS) is 1. The van der Waals surface area contributed by atoms with Gasteiger partial charge in [0.25, 0.3) is 0 Å². The summed E-state index contributed by atoms with van der Waals surface area (Å²) < 4.78 is 0. The minimum Gasteiger partial charge on any atom is -0.478 e. The molecule has 1 N–H and O–H groups in total. The molecule has 1 aliphatic carbocycles. The summed E-state index contributed by atoms with van der Waals surface area (Å²) in [5.41, 5.74) is 2.44. The summed E-state index contributed by atoms with van der Waals surface area (Å²) in [6.45, 7) is 8.52. The number of carbonyl (C=O) groups is 1. The molecule has 1 rings (SSSR count). The van der Waals surface area contributed by atoms with E-state index in [1.807, 2.05) is 13.0 Å². The molecule has 1 atom stereocenters. The molecule has 0 aromatic carbocycles. The highest BCUT2D eigenvalue weighted by molar-refractivity contribution is 5.81. The zero-order chi connectivity index (χ0) is 13.1. The summed E-state index contributed by atoms with van der Waals surface area (Å²) in [6.07, 6.45) is 9.92. The first-order valence-electron chi connectivity index (χ1n) is 6.09. The standard InChI is InChI=1S/C15H22O2/c1-11(10-14(16)17)7-8-13-12(2)6-5-9-15(13,3)4/h6-8,10,13H,5,9H2,1-4H3,(H,16,17)/b8-7+,11-10-. The monoisotopic (exact) mass is 234 g/mol. The van der Waals surface area contributed by atoms with Gasteiger partial charge in [-0.25, -0.2) is 4.79 Å². The van der Waals surface area contributed by atoms with Gasteiger partial charge in [0.15, 0.2) is 0 Å². The van der Waals surface area contributed by atoms with Crippen LogP contribution in [0, 0.1) is 11.3 Å². The van der Waals surface area contributed by atoms with Crippen LogP contribution in [-0.4, -0.2) is 11.1 Å². The van der Waals surface area contributed by atoms with Crippen LogP contribution in [0.25, 0.3) is 0 Å². The lowest BCUT2D eigenvalue weighted by molar-refractivity contribution is -0.131. The number of rotatable bonds is 3. The molecule has 0 spiro atoms. The second-order valence-corrected chi connectivity index (χ2v) is 5.54. The maximum absolute atomic E-state index is 10.5. The summed E-state index contributed by atoms with van der Waals surface area (Å²) in [6, 6.07) is 0. The van der Waals surface area contributed by atoms with Crippen molar-refractivity contribution in [2.45, 2.75) is 40.5 Å². The molecule has 0 aromatic heterocycles. The third kappa shape index (κ3) is 3.88. The van der Waals surface area contributed by atoms with Crippen LogP contribution in [0.15, 0.2) is 35.5 Å². The molecule has 1 aliphatic rings. The van der Waals surface area contributed by atoms with Gasteiger partial charge in [-0.3, -0.25) is 0 Å². The van der Waals surface area contributed by atoms with Crippen molar-refractivity contribution in [1.82, 2.24) is 0 Å². The second-order valence-electron chi connectivity index (χ2n) is 5.54. The van der Waals surface area contributed by atoms with Gasteiger partial charge < -0.3 is 5.11 Å². The number of hydrogen-bond donors (Lipinski definition) is 1. The lowest BCUT2D eigenvalue weighted by Gasteiger charge is -2.36. The van der Waals surface area contributed by atoms with Gasteiger partial charge in [0.2, 0.25) is 0 Å². The molecule has 17 heavy (non-hydrogen) atoms. The van der Waals surface area contributed by atoms with E-state index in [1.54, 1.807) is 0 Å². The number of carboxylic acids is 1. The Morgan fingerprint density at radius 2 is 2.18 bits per heavy atom. The van der Waals surface area contributed by atoms with Crippen LogP contribution < -0.4 is 0 Å². The topological polar surface area (TPSA) is 37.3 Å². The van der Waals surface area contributed by atoms with E-state index in [0.29, 0.717) is 5.92 Å². The molecule has 1 unspecified atom stereocenters. The van der Waals surface area contributed by atoms with Crippen LogP contribution in [0.2, 0.25) is 0 Å².